The molecule has 0 radical (unpaired) electrons. The molecule has 2 rings (SSSR count). The van der Waals surface area contributed by atoms with Gasteiger partial charge in [0.2, 0.25) is 0 Å². The second kappa shape index (κ2) is 6.69. The summed E-state index contributed by atoms with van der Waals surface area (Å²) in [6.45, 7) is 1.73. The van der Waals surface area contributed by atoms with Crippen molar-refractivity contribution in [3.63, 3.8) is 0 Å². The highest BCUT2D eigenvalue weighted by Crippen LogP contribution is 2.26. The fraction of sp³-hybridized carbons (Fsp3) is 0.125. The molecule has 0 unspecified atom stereocenters. The molecule has 0 atom stereocenters. The zero-order valence-electron chi connectivity index (χ0n) is 12.5. The van der Waals surface area contributed by atoms with Gasteiger partial charge in [0.1, 0.15) is 0 Å². The van der Waals surface area contributed by atoms with Crippen LogP contribution in [0.4, 0.5) is 11.4 Å². The molecule has 0 bridgehead atoms. The number of rotatable bonds is 4. The van der Waals surface area contributed by atoms with Crippen molar-refractivity contribution < 1.29 is 19.6 Å². The van der Waals surface area contributed by atoms with E-state index in [0.29, 0.717) is 22.4 Å². The summed E-state index contributed by atoms with van der Waals surface area (Å²) >= 11 is 0. The SMILES string of the molecule is COC(=O)c1cccc(N=Cc2ccc(O)c([N+](=O)[O-])c2)c1C. The van der Waals surface area contributed by atoms with Crippen molar-refractivity contribution in [2.75, 3.05) is 7.11 Å². The van der Waals surface area contributed by atoms with E-state index in [9.17, 15) is 20.0 Å². The highest BCUT2D eigenvalue weighted by molar-refractivity contribution is 5.93. The number of carbonyl (C=O) groups excluding carboxylic acids is 1. The Hall–Kier alpha value is -3.22. The van der Waals surface area contributed by atoms with Crippen molar-refractivity contribution in [2.45, 2.75) is 6.92 Å². The van der Waals surface area contributed by atoms with E-state index < -0.39 is 22.3 Å². The smallest absolute Gasteiger partial charge is 0.338 e. The summed E-state index contributed by atoms with van der Waals surface area (Å²) in [6, 6.07) is 8.98. The number of hydrogen-bond donors (Lipinski definition) is 1. The maximum absolute atomic E-state index is 11.6. The standard InChI is InChI=1S/C16H14N2O5/c1-10-12(16(20)23-2)4-3-5-13(10)17-9-11-6-7-15(19)14(8-11)18(21)22/h3-9,19H,1-2H3. The van der Waals surface area contributed by atoms with Gasteiger partial charge in [-0.2, -0.15) is 0 Å². The molecular formula is C16H14N2O5. The quantitative estimate of drug-likeness (QED) is 0.404. The van der Waals surface area contributed by atoms with Crippen LogP contribution >= 0.6 is 0 Å². The maximum Gasteiger partial charge on any atom is 0.338 e. The van der Waals surface area contributed by atoms with Crippen LogP contribution in [0, 0.1) is 17.0 Å². The second-order valence-electron chi connectivity index (χ2n) is 4.70. The van der Waals surface area contributed by atoms with Crippen LogP contribution in [0.3, 0.4) is 0 Å². The fourth-order valence-electron chi connectivity index (χ4n) is 2.01. The highest BCUT2D eigenvalue weighted by atomic mass is 16.6. The number of carbonyl (C=O) groups is 1. The third-order valence-corrected chi connectivity index (χ3v) is 3.26. The Morgan fingerprint density at radius 2 is 2.09 bits per heavy atom. The summed E-state index contributed by atoms with van der Waals surface area (Å²) in [5.41, 5.74) is 1.65. The number of aromatic hydroxyl groups is 1. The lowest BCUT2D eigenvalue weighted by atomic mass is 10.1. The van der Waals surface area contributed by atoms with Gasteiger partial charge in [-0.3, -0.25) is 15.1 Å². The number of nitrogens with zero attached hydrogens (tertiary/aromatic N) is 2. The topological polar surface area (TPSA) is 102 Å². The summed E-state index contributed by atoms with van der Waals surface area (Å²) in [5.74, 6) is -0.865. The van der Waals surface area contributed by atoms with Crippen LogP contribution < -0.4 is 0 Å². The lowest BCUT2D eigenvalue weighted by molar-refractivity contribution is -0.385. The Labute approximate surface area is 132 Å². The van der Waals surface area contributed by atoms with Crippen molar-refractivity contribution in [3.8, 4) is 5.75 Å². The molecule has 0 fully saturated rings. The number of methoxy groups -OCH3 is 1. The van der Waals surface area contributed by atoms with Gasteiger partial charge >= 0.3 is 11.7 Å². The monoisotopic (exact) mass is 314 g/mol. The van der Waals surface area contributed by atoms with Gasteiger partial charge in [-0.1, -0.05) is 6.07 Å². The first-order valence-electron chi connectivity index (χ1n) is 6.63. The molecule has 2 aromatic carbocycles. The molecule has 0 saturated heterocycles. The van der Waals surface area contributed by atoms with Crippen LogP contribution in [0.15, 0.2) is 41.4 Å². The molecular weight excluding hydrogens is 300 g/mol. The average Bonchev–Trinajstić information content (AvgIpc) is 2.54. The number of esters is 1. The molecule has 7 nitrogen and oxygen atoms in total. The number of hydrogen-bond acceptors (Lipinski definition) is 6. The van der Waals surface area contributed by atoms with E-state index in [1.165, 1.54) is 31.5 Å². The third-order valence-electron chi connectivity index (χ3n) is 3.26. The van der Waals surface area contributed by atoms with Crippen molar-refractivity contribution in [3.05, 3.63) is 63.2 Å². The number of aliphatic imine (C=N–C) groups is 1. The minimum absolute atomic E-state index is 0.394. The van der Waals surface area contributed by atoms with Crippen molar-refractivity contribution >= 4 is 23.6 Å². The van der Waals surface area contributed by atoms with Crippen molar-refractivity contribution in [2.24, 2.45) is 4.99 Å². The van der Waals surface area contributed by atoms with Gasteiger partial charge in [-0.05, 0) is 42.3 Å². The first-order valence-corrected chi connectivity index (χ1v) is 6.63. The molecule has 0 saturated carbocycles. The maximum atomic E-state index is 11.6. The zero-order valence-corrected chi connectivity index (χ0v) is 12.5. The summed E-state index contributed by atoms with van der Waals surface area (Å²) in [4.78, 5) is 26.0. The number of nitro benzene ring substituents is 1. The van der Waals surface area contributed by atoms with Crippen LogP contribution in [-0.2, 0) is 4.74 Å². The highest BCUT2D eigenvalue weighted by Gasteiger charge is 2.13. The third kappa shape index (κ3) is 3.52. The lowest BCUT2D eigenvalue weighted by Gasteiger charge is -2.06. The molecule has 2 aromatic rings. The van der Waals surface area contributed by atoms with E-state index >= 15 is 0 Å². The summed E-state index contributed by atoms with van der Waals surface area (Å²) in [7, 11) is 1.30. The van der Waals surface area contributed by atoms with E-state index in [1.54, 1.807) is 25.1 Å². The Morgan fingerprint density at radius 1 is 1.35 bits per heavy atom. The van der Waals surface area contributed by atoms with Gasteiger partial charge in [0.25, 0.3) is 0 Å². The second-order valence-corrected chi connectivity index (χ2v) is 4.70. The number of phenols is 1. The summed E-state index contributed by atoms with van der Waals surface area (Å²) < 4.78 is 4.70. The summed E-state index contributed by atoms with van der Waals surface area (Å²) in [5, 5.41) is 20.2. The van der Waals surface area contributed by atoms with E-state index in [0.717, 1.165) is 0 Å². The van der Waals surface area contributed by atoms with Gasteiger partial charge in [-0.25, -0.2) is 4.79 Å². The van der Waals surface area contributed by atoms with Gasteiger partial charge in [0.05, 0.1) is 23.3 Å². The molecule has 0 aliphatic rings. The number of ether oxygens (including phenoxy) is 1. The molecule has 7 heteroatoms. The molecule has 1 N–H and O–H groups in total. The minimum atomic E-state index is -0.671. The van der Waals surface area contributed by atoms with E-state index in [1.807, 2.05) is 0 Å². The normalized spacial score (nSPS) is 10.7. The van der Waals surface area contributed by atoms with Crippen molar-refractivity contribution in [1.29, 1.82) is 0 Å². The largest absolute Gasteiger partial charge is 0.502 e. The molecule has 23 heavy (non-hydrogen) atoms. The van der Waals surface area contributed by atoms with Crippen LogP contribution in [-0.4, -0.2) is 29.3 Å². The number of benzene rings is 2. The van der Waals surface area contributed by atoms with Crippen LogP contribution in [0.5, 0.6) is 5.75 Å². The van der Waals surface area contributed by atoms with Crippen molar-refractivity contribution in [1.82, 2.24) is 0 Å². The zero-order chi connectivity index (χ0) is 17.0. The van der Waals surface area contributed by atoms with E-state index in [2.05, 4.69) is 4.99 Å². The fourth-order valence-corrected chi connectivity index (χ4v) is 2.01. The van der Waals surface area contributed by atoms with Crippen LogP contribution in [0.2, 0.25) is 0 Å². The first-order chi connectivity index (χ1) is 10.9. The predicted octanol–water partition coefficient (Wildman–Crippen LogP) is 3.15. The van der Waals surface area contributed by atoms with Gasteiger partial charge < -0.3 is 9.84 Å². The Kier molecular flexibility index (Phi) is 4.70. The first kappa shape index (κ1) is 16.2. The van der Waals surface area contributed by atoms with Crippen LogP contribution in [0.1, 0.15) is 21.5 Å². The van der Waals surface area contributed by atoms with E-state index in [4.69, 9.17) is 4.74 Å². The number of nitro groups is 1. The molecule has 0 heterocycles. The lowest BCUT2D eigenvalue weighted by Crippen LogP contribution is -2.03. The Balaban J connectivity index is 2.36. The molecule has 118 valence electrons. The van der Waals surface area contributed by atoms with Crippen LogP contribution in [0.25, 0.3) is 0 Å². The van der Waals surface area contributed by atoms with Gasteiger partial charge in [0.15, 0.2) is 5.75 Å². The average molecular weight is 314 g/mol. The molecule has 0 spiro atoms. The van der Waals surface area contributed by atoms with E-state index in [-0.39, 0.29) is 0 Å². The van der Waals surface area contributed by atoms with Gasteiger partial charge in [0, 0.05) is 12.3 Å². The molecule has 0 aliphatic carbocycles. The predicted molar refractivity (Wildman–Crippen MR) is 84.5 cm³/mol. The Morgan fingerprint density at radius 3 is 2.74 bits per heavy atom. The van der Waals surface area contributed by atoms with Gasteiger partial charge in [-0.15, -0.1) is 0 Å². The number of phenolic OH excluding ortho intramolecular Hbond substituents is 1. The molecule has 0 amide bonds. The summed E-state index contributed by atoms with van der Waals surface area (Å²) in [6.07, 6.45) is 1.43. The minimum Gasteiger partial charge on any atom is -0.502 e. The molecule has 0 aliphatic heterocycles. The molecule has 0 aromatic heterocycles. The Bertz CT molecular complexity index is 799.